The van der Waals surface area contributed by atoms with Gasteiger partial charge in [-0.25, -0.2) is 9.78 Å². The number of nitrogens with one attached hydrogen (secondary N) is 1. The fraction of sp³-hybridized carbons (Fsp3) is 0.421. The molecule has 6 nitrogen and oxygen atoms in total. The van der Waals surface area contributed by atoms with Gasteiger partial charge in [0.25, 0.3) is 0 Å². The fourth-order valence-corrected chi connectivity index (χ4v) is 3.73. The minimum Gasteiger partial charge on any atom is -0.343 e. The number of nitrogens with zero attached hydrogens (tertiary/aromatic N) is 3. The van der Waals surface area contributed by atoms with Gasteiger partial charge in [-0.2, -0.15) is 0 Å². The van der Waals surface area contributed by atoms with E-state index in [1.54, 1.807) is 29.4 Å². The van der Waals surface area contributed by atoms with Crippen molar-refractivity contribution < 1.29 is 9.59 Å². The normalized spacial score (nSPS) is 14.9. The first-order valence-corrected chi connectivity index (χ1v) is 9.73. The highest BCUT2D eigenvalue weighted by Crippen LogP contribution is 2.15. The van der Waals surface area contributed by atoms with Crippen molar-refractivity contribution >= 4 is 23.3 Å². The highest BCUT2D eigenvalue weighted by molar-refractivity contribution is 7.09. The van der Waals surface area contributed by atoms with Crippen molar-refractivity contribution in [3.8, 4) is 0 Å². The number of hydrogen-bond donors (Lipinski definition) is 1. The molecule has 1 fully saturated rings. The molecule has 1 aromatic heterocycles. The van der Waals surface area contributed by atoms with E-state index in [1.807, 2.05) is 40.6 Å². The highest BCUT2D eigenvalue weighted by atomic mass is 32.1. The summed E-state index contributed by atoms with van der Waals surface area (Å²) in [5.74, 6) is 0.101. The van der Waals surface area contributed by atoms with Gasteiger partial charge in [0.2, 0.25) is 5.91 Å². The van der Waals surface area contributed by atoms with Crippen LogP contribution in [0.5, 0.6) is 0 Å². The summed E-state index contributed by atoms with van der Waals surface area (Å²) in [7, 11) is 0. The van der Waals surface area contributed by atoms with Crippen LogP contribution in [0.3, 0.4) is 0 Å². The topological polar surface area (TPSA) is 65.5 Å². The predicted molar refractivity (Wildman–Crippen MR) is 102 cm³/mol. The second-order valence-corrected chi connectivity index (χ2v) is 7.48. The van der Waals surface area contributed by atoms with Gasteiger partial charge in [0.15, 0.2) is 0 Å². The summed E-state index contributed by atoms with van der Waals surface area (Å²) in [5.41, 5.74) is 1.09. The molecule has 7 heteroatoms. The predicted octanol–water partition coefficient (Wildman–Crippen LogP) is 2.87. The number of carbonyl (C=O) groups excluding carboxylic acids is 2. The van der Waals surface area contributed by atoms with E-state index in [4.69, 9.17) is 0 Å². The number of urea groups is 1. The molecule has 0 radical (unpaired) electrons. The van der Waals surface area contributed by atoms with E-state index >= 15 is 0 Å². The lowest BCUT2D eigenvalue weighted by Gasteiger charge is -2.33. The van der Waals surface area contributed by atoms with E-state index in [9.17, 15) is 9.59 Å². The first-order valence-electron chi connectivity index (χ1n) is 8.85. The lowest BCUT2D eigenvalue weighted by Crippen LogP contribution is -2.49. The van der Waals surface area contributed by atoms with Gasteiger partial charge >= 0.3 is 6.03 Å². The summed E-state index contributed by atoms with van der Waals surface area (Å²) in [4.78, 5) is 32.2. The summed E-state index contributed by atoms with van der Waals surface area (Å²) < 4.78 is 0. The monoisotopic (exact) mass is 372 g/mol. The Bertz CT molecular complexity index is 712. The molecule has 0 unspecified atom stereocenters. The molecule has 0 atom stereocenters. The Morgan fingerprint density at radius 2 is 1.96 bits per heavy atom. The zero-order valence-corrected chi connectivity index (χ0v) is 15.7. The van der Waals surface area contributed by atoms with Crippen LogP contribution in [0.2, 0.25) is 0 Å². The summed E-state index contributed by atoms with van der Waals surface area (Å²) in [6.07, 6.45) is 3.35. The molecular weight excluding hydrogens is 348 g/mol. The molecule has 1 aromatic carbocycles. The Morgan fingerprint density at radius 3 is 2.58 bits per heavy atom. The zero-order chi connectivity index (χ0) is 18.4. The van der Waals surface area contributed by atoms with Gasteiger partial charge < -0.3 is 15.1 Å². The van der Waals surface area contributed by atoms with Crippen molar-refractivity contribution in [3.05, 3.63) is 52.5 Å². The Hall–Kier alpha value is -2.41. The van der Waals surface area contributed by atoms with E-state index in [1.165, 1.54) is 0 Å². The van der Waals surface area contributed by atoms with Crippen molar-refractivity contribution in [2.75, 3.05) is 13.1 Å². The Kier molecular flexibility index (Phi) is 6.22. The number of thiazole rings is 1. The molecule has 1 saturated heterocycles. The standard InChI is InChI=1S/C19H24N4O2S/c1-15(24)22-10-7-17(8-11-22)21-19(25)23(14-18-20-9-12-26-18)13-16-5-3-2-4-6-16/h2-6,9,12,17H,7-8,10-11,13-14H2,1H3,(H,21,25). The minimum absolute atomic E-state index is 0.0784. The Labute approximate surface area is 157 Å². The van der Waals surface area contributed by atoms with Gasteiger partial charge in [-0.3, -0.25) is 4.79 Å². The molecule has 1 aliphatic rings. The average molecular weight is 372 g/mol. The number of aromatic nitrogens is 1. The summed E-state index contributed by atoms with van der Waals surface area (Å²) in [6.45, 7) is 4.02. The van der Waals surface area contributed by atoms with E-state index in [0.717, 1.165) is 23.4 Å². The lowest BCUT2D eigenvalue weighted by molar-refractivity contribution is -0.129. The number of piperidine rings is 1. The van der Waals surface area contributed by atoms with Crippen molar-refractivity contribution in [1.29, 1.82) is 0 Å². The number of hydrogen-bond acceptors (Lipinski definition) is 4. The van der Waals surface area contributed by atoms with Crippen LogP contribution in [-0.2, 0) is 17.9 Å². The second-order valence-electron chi connectivity index (χ2n) is 6.50. The Morgan fingerprint density at radius 1 is 1.23 bits per heavy atom. The van der Waals surface area contributed by atoms with Crippen LogP contribution in [-0.4, -0.2) is 45.9 Å². The van der Waals surface area contributed by atoms with Crippen LogP contribution in [0, 0.1) is 0 Å². The summed E-state index contributed by atoms with van der Waals surface area (Å²) >= 11 is 1.55. The van der Waals surface area contributed by atoms with E-state index < -0.39 is 0 Å². The number of rotatable bonds is 5. The number of amides is 3. The van der Waals surface area contributed by atoms with Gasteiger partial charge in [-0.05, 0) is 18.4 Å². The molecule has 26 heavy (non-hydrogen) atoms. The van der Waals surface area contributed by atoms with Crippen molar-refractivity contribution in [3.63, 3.8) is 0 Å². The van der Waals surface area contributed by atoms with Crippen molar-refractivity contribution in [2.45, 2.75) is 38.9 Å². The molecule has 2 aromatic rings. The quantitative estimate of drug-likeness (QED) is 0.878. The third-order valence-electron chi connectivity index (χ3n) is 4.58. The molecule has 0 aliphatic carbocycles. The lowest BCUT2D eigenvalue weighted by atomic mass is 10.1. The van der Waals surface area contributed by atoms with Crippen LogP contribution < -0.4 is 5.32 Å². The average Bonchev–Trinajstić information content (AvgIpc) is 3.15. The zero-order valence-electron chi connectivity index (χ0n) is 14.9. The first kappa shape index (κ1) is 18.4. The van der Waals surface area contributed by atoms with E-state index in [2.05, 4.69) is 10.3 Å². The van der Waals surface area contributed by atoms with Crippen LogP contribution in [0.15, 0.2) is 41.9 Å². The van der Waals surface area contributed by atoms with Crippen molar-refractivity contribution in [2.24, 2.45) is 0 Å². The van der Waals surface area contributed by atoms with Crippen LogP contribution in [0.4, 0.5) is 4.79 Å². The van der Waals surface area contributed by atoms with Gasteiger partial charge in [-0.15, -0.1) is 11.3 Å². The second kappa shape index (κ2) is 8.80. The van der Waals surface area contributed by atoms with E-state index in [0.29, 0.717) is 26.2 Å². The van der Waals surface area contributed by atoms with Gasteiger partial charge in [-0.1, -0.05) is 30.3 Å². The highest BCUT2D eigenvalue weighted by Gasteiger charge is 2.24. The molecule has 2 heterocycles. The number of likely N-dealkylation sites (tertiary alicyclic amines) is 1. The fourth-order valence-electron chi connectivity index (χ4n) is 3.10. The maximum absolute atomic E-state index is 12.9. The molecule has 3 amide bonds. The molecular formula is C19H24N4O2S. The summed E-state index contributed by atoms with van der Waals surface area (Å²) in [5, 5.41) is 5.98. The van der Waals surface area contributed by atoms with Crippen LogP contribution >= 0.6 is 11.3 Å². The van der Waals surface area contributed by atoms with Crippen molar-refractivity contribution in [1.82, 2.24) is 20.1 Å². The molecule has 138 valence electrons. The third kappa shape index (κ3) is 5.05. The number of carbonyl (C=O) groups is 2. The number of benzene rings is 1. The van der Waals surface area contributed by atoms with Gasteiger partial charge in [0.1, 0.15) is 5.01 Å². The summed E-state index contributed by atoms with van der Waals surface area (Å²) in [6, 6.07) is 10.00. The largest absolute Gasteiger partial charge is 0.343 e. The molecule has 0 spiro atoms. The van der Waals surface area contributed by atoms with E-state index in [-0.39, 0.29) is 18.0 Å². The van der Waals surface area contributed by atoms with Crippen LogP contribution in [0.25, 0.3) is 0 Å². The Balaban J connectivity index is 1.62. The SMILES string of the molecule is CC(=O)N1CCC(NC(=O)N(Cc2ccccc2)Cc2nccs2)CC1. The third-order valence-corrected chi connectivity index (χ3v) is 5.35. The maximum Gasteiger partial charge on any atom is 0.318 e. The molecule has 0 saturated carbocycles. The molecule has 3 rings (SSSR count). The molecule has 0 bridgehead atoms. The van der Waals surface area contributed by atoms with Gasteiger partial charge in [0.05, 0.1) is 6.54 Å². The molecule has 1 N–H and O–H groups in total. The van der Waals surface area contributed by atoms with Gasteiger partial charge in [0, 0.05) is 44.2 Å². The minimum atomic E-state index is -0.0784. The molecule has 1 aliphatic heterocycles. The van der Waals surface area contributed by atoms with Crippen LogP contribution in [0.1, 0.15) is 30.3 Å². The smallest absolute Gasteiger partial charge is 0.318 e. The maximum atomic E-state index is 12.9. The first-order chi connectivity index (χ1) is 12.6.